The maximum atomic E-state index is 12.1. The fourth-order valence-corrected chi connectivity index (χ4v) is 1.47. The van der Waals surface area contributed by atoms with Crippen molar-refractivity contribution >= 4 is 24.5 Å². The summed E-state index contributed by atoms with van der Waals surface area (Å²) in [4.78, 5) is 12.1. The van der Waals surface area contributed by atoms with E-state index < -0.39 is 0 Å². The van der Waals surface area contributed by atoms with Crippen LogP contribution in [0.15, 0.2) is 24.3 Å². The molecule has 102 valence electrons. The maximum Gasteiger partial charge on any atom is 0.332 e. The van der Waals surface area contributed by atoms with Gasteiger partial charge in [0.2, 0.25) is 0 Å². The van der Waals surface area contributed by atoms with Gasteiger partial charge in [0.25, 0.3) is 0 Å². The van der Waals surface area contributed by atoms with Crippen LogP contribution in [0.4, 0.5) is 10.5 Å². The van der Waals surface area contributed by atoms with E-state index in [1.165, 1.54) is 4.31 Å². The highest BCUT2D eigenvalue weighted by molar-refractivity contribution is 7.82. The molecule has 4 nitrogen and oxygen atoms in total. The Bertz CT molecular complexity index is 502. The largest absolute Gasteiger partial charge is 0.334 e. The number of carbonyl (C=O) groups is 1. The van der Waals surface area contributed by atoms with E-state index in [1.807, 2.05) is 13.0 Å². The molecule has 1 rings (SSSR count). The Balaban J connectivity index is 2.80. The van der Waals surface area contributed by atoms with Crippen molar-refractivity contribution in [1.82, 2.24) is 5.32 Å². The molecule has 0 bridgehead atoms. The molecule has 1 aromatic carbocycles. The fraction of sp³-hybridized carbons (Fsp3) is 0.429. The minimum atomic E-state index is -0.305. The summed E-state index contributed by atoms with van der Waals surface area (Å²) in [5.74, 6) is 0. The van der Waals surface area contributed by atoms with Gasteiger partial charge in [-0.1, -0.05) is 39.7 Å². The lowest BCUT2D eigenvalue weighted by Crippen LogP contribution is -2.45. The van der Waals surface area contributed by atoms with Crippen LogP contribution in [0.3, 0.4) is 0 Å². The summed E-state index contributed by atoms with van der Waals surface area (Å²) in [6.45, 7) is 8.11. The van der Waals surface area contributed by atoms with Gasteiger partial charge in [0.1, 0.15) is 0 Å². The topological polar surface area (TPSA) is 56.1 Å². The molecule has 0 heterocycles. The molecule has 1 atom stereocenters. The summed E-state index contributed by atoms with van der Waals surface area (Å²) < 4.78 is 1.21. The third kappa shape index (κ3) is 4.18. The number of nitrogens with one attached hydrogen (secondary N) is 1. The van der Waals surface area contributed by atoms with Gasteiger partial charge in [-0.25, -0.2) is 9.10 Å². The van der Waals surface area contributed by atoms with Crippen LogP contribution in [0.25, 0.3) is 0 Å². The van der Waals surface area contributed by atoms with Crippen molar-refractivity contribution in [1.29, 1.82) is 5.26 Å². The molecular formula is C14H19N3OS. The zero-order valence-corrected chi connectivity index (χ0v) is 12.5. The molecule has 0 fully saturated rings. The number of nitrogens with zero attached hydrogens (tertiary/aromatic N) is 2. The number of urea groups is 1. The fourth-order valence-electron chi connectivity index (χ4n) is 1.29. The molecule has 1 N–H and O–H groups in total. The molecule has 0 aromatic heterocycles. The van der Waals surface area contributed by atoms with Crippen LogP contribution in [-0.2, 0) is 0 Å². The number of rotatable bonds is 2. The second-order valence-electron chi connectivity index (χ2n) is 5.51. The van der Waals surface area contributed by atoms with E-state index in [1.54, 1.807) is 24.3 Å². The normalized spacial score (nSPS) is 12.4. The van der Waals surface area contributed by atoms with Crippen molar-refractivity contribution < 1.29 is 4.79 Å². The Morgan fingerprint density at radius 3 is 2.63 bits per heavy atom. The molecule has 1 aromatic rings. The Labute approximate surface area is 120 Å². The van der Waals surface area contributed by atoms with Gasteiger partial charge in [0, 0.05) is 6.04 Å². The second-order valence-corrected chi connectivity index (χ2v) is 5.91. The number of nitriles is 1. The third-order valence-corrected chi connectivity index (χ3v) is 3.46. The van der Waals surface area contributed by atoms with Gasteiger partial charge in [-0.15, -0.1) is 0 Å². The Morgan fingerprint density at radius 1 is 1.47 bits per heavy atom. The van der Waals surface area contributed by atoms with Gasteiger partial charge in [0.15, 0.2) is 0 Å². The molecule has 0 aliphatic carbocycles. The van der Waals surface area contributed by atoms with Crippen LogP contribution in [-0.4, -0.2) is 12.1 Å². The van der Waals surface area contributed by atoms with Gasteiger partial charge in [-0.05, 0) is 30.5 Å². The summed E-state index contributed by atoms with van der Waals surface area (Å²) in [6.07, 6.45) is 0. The van der Waals surface area contributed by atoms with E-state index in [9.17, 15) is 4.79 Å². The number of thiol groups is 1. The Hall–Kier alpha value is -1.67. The van der Waals surface area contributed by atoms with E-state index in [2.05, 4.69) is 38.9 Å². The molecule has 0 saturated carbocycles. The van der Waals surface area contributed by atoms with Crippen molar-refractivity contribution in [2.24, 2.45) is 5.41 Å². The molecule has 0 radical (unpaired) electrons. The van der Waals surface area contributed by atoms with Gasteiger partial charge in [-0.3, -0.25) is 0 Å². The molecule has 5 heteroatoms. The molecular weight excluding hydrogens is 258 g/mol. The lowest BCUT2D eigenvalue weighted by Gasteiger charge is -2.29. The lowest BCUT2D eigenvalue weighted by atomic mass is 9.88. The summed E-state index contributed by atoms with van der Waals surface area (Å²) >= 11 is 4.18. The highest BCUT2D eigenvalue weighted by atomic mass is 32.1. The van der Waals surface area contributed by atoms with Crippen LogP contribution < -0.4 is 9.62 Å². The highest BCUT2D eigenvalue weighted by Gasteiger charge is 2.23. The molecule has 19 heavy (non-hydrogen) atoms. The average Bonchev–Trinajstić information content (AvgIpc) is 2.36. The standard InChI is InChI=1S/C14H19N3OS/c1-10(14(2,3)4)16-13(18)17(19)12-7-5-6-11(8-12)9-15/h5-8,10,19H,1-4H3,(H,16,18). The first-order valence-electron chi connectivity index (χ1n) is 6.05. The summed E-state index contributed by atoms with van der Waals surface area (Å²) in [7, 11) is 0. The van der Waals surface area contributed by atoms with Crippen molar-refractivity contribution in [3.8, 4) is 6.07 Å². The molecule has 2 amide bonds. The van der Waals surface area contributed by atoms with Crippen LogP contribution in [0.2, 0.25) is 0 Å². The Morgan fingerprint density at radius 2 is 2.11 bits per heavy atom. The van der Waals surface area contributed by atoms with Gasteiger partial charge in [-0.2, -0.15) is 5.26 Å². The van der Waals surface area contributed by atoms with Crippen molar-refractivity contribution in [2.45, 2.75) is 33.7 Å². The van der Waals surface area contributed by atoms with E-state index in [4.69, 9.17) is 5.26 Å². The minimum absolute atomic E-state index is 0.00815. The van der Waals surface area contributed by atoms with Crippen molar-refractivity contribution in [3.63, 3.8) is 0 Å². The van der Waals surface area contributed by atoms with Gasteiger partial charge >= 0.3 is 6.03 Å². The third-order valence-electron chi connectivity index (χ3n) is 3.05. The first-order valence-corrected chi connectivity index (χ1v) is 6.45. The van der Waals surface area contributed by atoms with Crippen LogP contribution in [0, 0.1) is 16.7 Å². The van der Waals surface area contributed by atoms with Crippen LogP contribution in [0.1, 0.15) is 33.3 Å². The lowest BCUT2D eigenvalue weighted by molar-refractivity contribution is 0.231. The molecule has 1 unspecified atom stereocenters. The zero-order chi connectivity index (χ0) is 14.6. The minimum Gasteiger partial charge on any atom is -0.334 e. The van der Waals surface area contributed by atoms with E-state index in [0.29, 0.717) is 11.3 Å². The second kappa shape index (κ2) is 5.98. The zero-order valence-electron chi connectivity index (χ0n) is 11.6. The number of benzene rings is 1. The Kier molecular flexibility index (Phi) is 4.84. The van der Waals surface area contributed by atoms with Crippen LogP contribution >= 0.6 is 12.8 Å². The number of hydrogen-bond donors (Lipinski definition) is 2. The van der Waals surface area contributed by atoms with Crippen molar-refractivity contribution in [2.75, 3.05) is 4.31 Å². The van der Waals surface area contributed by atoms with E-state index >= 15 is 0 Å². The first-order chi connectivity index (χ1) is 8.75. The van der Waals surface area contributed by atoms with Crippen LogP contribution in [0.5, 0.6) is 0 Å². The van der Waals surface area contributed by atoms with E-state index in [-0.39, 0.29) is 17.5 Å². The number of amides is 2. The summed E-state index contributed by atoms with van der Waals surface area (Å²) in [5.41, 5.74) is 1.04. The molecule has 0 spiro atoms. The average molecular weight is 277 g/mol. The maximum absolute atomic E-state index is 12.1. The predicted molar refractivity (Wildman–Crippen MR) is 80.1 cm³/mol. The number of anilines is 1. The predicted octanol–water partition coefficient (Wildman–Crippen LogP) is 3.35. The summed E-state index contributed by atoms with van der Waals surface area (Å²) in [6, 6.07) is 8.49. The highest BCUT2D eigenvalue weighted by Crippen LogP contribution is 2.21. The molecule has 0 aliphatic rings. The molecule has 0 saturated heterocycles. The smallest absolute Gasteiger partial charge is 0.332 e. The number of hydrogen-bond acceptors (Lipinski definition) is 3. The molecule has 0 aliphatic heterocycles. The quantitative estimate of drug-likeness (QED) is 0.814. The monoisotopic (exact) mass is 277 g/mol. The number of carbonyl (C=O) groups excluding carboxylic acids is 1. The SMILES string of the molecule is CC(NC(=O)N(S)c1cccc(C#N)c1)C(C)(C)C. The summed E-state index contributed by atoms with van der Waals surface area (Å²) in [5, 5.41) is 11.7. The van der Waals surface area contributed by atoms with E-state index in [0.717, 1.165) is 0 Å². The van der Waals surface area contributed by atoms with Gasteiger partial charge < -0.3 is 5.32 Å². The van der Waals surface area contributed by atoms with Gasteiger partial charge in [0.05, 0.1) is 17.3 Å². The van der Waals surface area contributed by atoms with Crippen molar-refractivity contribution in [3.05, 3.63) is 29.8 Å². The first kappa shape index (κ1) is 15.4.